The van der Waals surface area contributed by atoms with Crippen molar-refractivity contribution < 1.29 is 0 Å². The molecular weight excluding hydrogens is 148 g/mol. The number of rotatable bonds is 5. The Labute approximate surface area is 72.7 Å². The second-order valence-electron chi connectivity index (χ2n) is 4.38. The van der Waals surface area contributed by atoms with Crippen molar-refractivity contribution in [2.24, 2.45) is 0 Å². The first-order chi connectivity index (χ1) is 5.06. The summed E-state index contributed by atoms with van der Waals surface area (Å²) in [6.45, 7) is 9.48. The summed E-state index contributed by atoms with van der Waals surface area (Å²) in [6.07, 6.45) is 8.67. The van der Waals surface area contributed by atoms with Crippen LogP contribution >= 0.6 is 0 Å². The zero-order valence-corrected chi connectivity index (χ0v) is 9.48. The van der Waals surface area contributed by atoms with Gasteiger partial charge in [0.25, 0.3) is 0 Å². The second-order valence-corrected chi connectivity index (χ2v) is 9.91. The summed E-state index contributed by atoms with van der Waals surface area (Å²) in [5.41, 5.74) is 0. The maximum atomic E-state index is 2.41. The number of unbranched alkanes of at least 4 members (excludes halogenated alkanes) is 2. The molecule has 0 spiro atoms. The van der Waals surface area contributed by atoms with Crippen molar-refractivity contribution in [1.82, 2.24) is 0 Å². The van der Waals surface area contributed by atoms with Gasteiger partial charge in [-0.15, -0.1) is 0 Å². The Morgan fingerprint density at radius 1 is 1.09 bits per heavy atom. The van der Waals surface area contributed by atoms with Crippen LogP contribution in [-0.4, -0.2) is 8.07 Å². The highest BCUT2D eigenvalue weighted by Crippen LogP contribution is 2.09. The molecule has 66 valence electrons. The molecule has 0 rings (SSSR count). The third-order valence-electron chi connectivity index (χ3n) is 1.62. The molecule has 0 aliphatic carbocycles. The van der Waals surface area contributed by atoms with Gasteiger partial charge in [-0.3, -0.25) is 0 Å². The van der Waals surface area contributed by atoms with Gasteiger partial charge in [-0.1, -0.05) is 51.6 Å². The summed E-state index contributed by atoms with van der Waals surface area (Å²) in [5, 5.41) is 0. The van der Waals surface area contributed by atoms with Gasteiger partial charge in [0.15, 0.2) is 0 Å². The van der Waals surface area contributed by atoms with Gasteiger partial charge < -0.3 is 0 Å². The Hall–Kier alpha value is -0.0431. The van der Waals surface area contributed by atoms with E-state index in [0.717, 1.165) is 0 Å². The Morgan fingerprint density at radius 2 is 1.73 bits per heavy atom. The lowest BCUT2D eigenvalue weighted by atomic mass is 10.2. The van der Waals surface area contributed by atoms with E-state index in [1.165, 1.54) is 25.3 Å². The molecule has 0 heterocycles. The lowest BCUT2D eigenvalue weighted by molar-refractivity contribution is 0.814. The van der Waals surface area contributed by atoms with E-state index in [0.29, 0.717) is 0 Å². The largest absolute Gasteiger partial charge is 0.0912 e. The molecule has 0 aliphatic rings. The molecule has 0 aromatic carbocycles. The molecule has 0 bridgehead atoms. The van der Waals surface area contributed by atoms with Crippen molar-refractivity contribution in [3.8, 4) is 0 Å². The van der Waals surface area contributed by atoms with Gasteiger partial charge in [-0.25, -0.2) is 0 Å². The lowest BCUT2D eigenvalue weighted by Crippen LogP contribution is -2.17. The minimum Gasteiger partial charge on any atom is -0.0912 e. The molecular formula is C10H22Si. The maximum Gasteiger partial charge on any atom is 0.0480 e. The van der Waals surface area contributed by atoms with E-state index in [9.17, 15) is 0 Å². The van der Waals surface area contributed by atoms with E-state index in [1.807, 2.05) is 0 Å². The molecule has 0 atom stereocenters. The van der Waals surface area contributed by atoms with Crippen molar-refractivity contribution in [3.05, 3.63) is 12.2 Å². The van der Waals surface area contributed by atoms with Crippen LogP contribution in [0.25, 0.3) is 0 Å². The van der Waals surface area contributed by atoms with E-state index < -0.39 is 8.07 Å². The molecule has 0 aromatic heterocycles. The van der Waals surface area contributed by atoms with Crippen LogP contribution in [0.15, 0.2) is 12.2 Å². The number of allylic oxidation sites excluding steroid dienone is 2. The first kappa shape index (κ1) is 11.0. The Bertz CT molecular complexity index is 109. The first-order valence-corrected chi connectivity index (χ1v) is 8.42. The summed E-state index contributed by atoms with van der Waals surface area (Å²) in [7, 11) is -0.804. The monoisotopic (exact) mass is 170 g/mol. The minimum atomic E-state index is -0.804. The van der Waals surface area contributed by atoms with Crippen LogP contribution in [0.1, 0.15) is 26.2 Å². The fourth-order valence-electron chi connectivity index (χ4n) is 0.877. The van der Waals surface area contributed by atoms with Crippen molar-refractivity contribution >= 4 is 8.07 Å². The third kappa shape index (κ3) is 9.96. The molecule has 0 fully saturated rings. The van der Waals surface area contributed by atoms with E-state index in [-0.39, 0.29) is 0 Å². The summed E-state index contributed by atoms with van der Waals surface area (Å²) in [4.78, 5) is 0. The molecule has 0 saturated carbocycles. The van der Waals surface area contributed by atoms with Gasteiger partial charge in [-0.05, 0) is 12.5 Å². The lowest BCUT2D eigenvalue weighted by Gasteiger charge is -2.11. The highest BCUT2D eigenvalue weighted by Gasteiger charge is 2.08. The van der Waals surface area contributed by atoms with Crippen molar-refractivity contribution in [1.29, 1.82) is 0 Å². The first-order valence-electron chi connectivity index (χ1n) is 4.71. The summed E-state index contributed by atoms with van der Waals surface area (Å²) in [5.74, 6) is 0. The number of hydrogen-bond donors (Lipinski definition) is 0. The standard InChI is InChI=1S/C10H22Si/c1-5-6-7-8-9-10-11(2,3)4/h8-9H,5-7,10H2,1-4H3. The summed E-state index contributed by atoms with van der Waals surface area (Å²) in [6, 6.07) is 1.34. The molecule has 0 radical (unpaired) electrons. The molecule has 11 heavy (non-hydrogen) atoms. The smallest absolute Gasteiger partial charge is 0.0480 e. The Kier molecular flexibility index (Phi) is 5.57. The van der Waals surface area contributed by atoms with Crippen LogP contribution in [0.3, 0.4) is 0 Å². The topological polar surface area (TPSA) is 0 Å². The normalized spacial score (nSPS) is 12.7. The highest BCUT2D eigenvalue weighted by molar-refractivity contribution is 6.76. The van der Waals surface area contributed by atoms with Crippen LogP contribution in [0, 0.1) is 0 Å². The second kappa shape index (κ2) is 5.59. The van der Waals surface area contributed by atoms with Crippen LogP contribution < -0.4 is 0 Å². The van der Waals surface area contributed by atoms with Crippen LogP contribution in [0.4, 0.5) is 0 Å². The van der Waals surface area contributed by atoms with Crippen LogP contribution in [0.2, 0.25) is 25.7 Å². The van der Waals surface area contributed by atoms with Gasteiger partial charge in [-0.2, -0.15) is 0 Å². The predicted molar refractivity (Wildman–Crippen MR) is 56.8 cm³/mol. The quantitative estimate of drug-likeness (QED) is 0.331. The van der Waals surface area contributed by atoms with Crippen LogP contribution in [-0.2, 0) is 0 Å². The average molecular weight is 170 g/mol. The van der Waals surface area contributed by atoms with Gasteiger partial charge in [0.2, 0.25) is 0 Å². The number of hydrogen-bond acceptors (Lipinski definition) is 0. The summed E-state index contributed by atoms with van der Waals surface area (Å²) >= 11 is 0. The summed E-state index contributed by atoms with van der Waals surface area (Å²) < 4.78 is 0. The highest BCUT2D eigenvalue weighted by atomic mass is 28.3. The molecule has 0 saturated heterocycles. The fourth-order valence-corrected chi connectivity index (χ4v) is 1.75. The maximum absolute atomic E-state index is 2.41. The van der Waals surface area contributed by atoms with Crippen molar-refractivity contribution in [3.63, 3.8) is 0 Å². The third-order valence-corrected chi connectivity index (χ3v) is 3.08. The van der Waals surface area contributed by atoms with Gasteiger partial charge in [0, 0.05) is 8.07 Å². The SMILES string of the molecule is CCCCC=CC[Si](C)(C)C. The van der Waals surface area contributed by atoms with Crippen molar-refractivity contribution in [2.45, 2.75) is 51.9 Å². The zero-order chi connectivity index (χ0) is 8.74. The van der Waals surface area contributed by atoms with E-state index in [2.05, 4.69) is 38.7 Å². The van der Waals surface area contributed by atoms with Crippen molar-refractivity contribution in [2.75, 3.05) is 0 Å². The van der Waals surface area contributed by atoms with Gasteiger partial charge in [0.05, 0.1) is 0 Å². The molecule has 0 N–H and O–H groups in total. The van der Waals surface area contributed by atoms with E-state index >= 15 is 0 Å². The Balaban J connectivity index is 3.30. The molecule has 0 nitrogen and oxygen atoms in total. The minimum absolute atomic E-state index is 0.804. The average Bonchev–Trinajstić information content (AvgIpc) is 1.85. The van der Waals surface area contributed by atoms with E-state index in [1.54, 1.807) is 0 Å². The van der Waals surface area contributed by atoms with Gasteiger partial charge in [0.1, 0.15) is 0 Å². The van der Waals surface area contributed by atoms with E-state index in [4.69, 9.17) is 0 Å². The molecule has 0 aromatic rings. The molecule has 1 heteroatoms. The van der Waals surface area contributed by atoms with Crippen LogP contribution in [0.5, 0.6) is 0 Å². The Morgan fingerprint density at radius 3 is 2.18 bits per heavy atom. The van der Waals surface area contributed by atoms with Gasteiger partial charge >= 0.3 is 0 Å². The molecule has 0 aliphatic heterocycles. The molecule has 0 amide bonds. The predicted octanol–water partition coefficient (Wildman–Crippen LogP) is 4.07. The zero-order valence-electron chi connectivity index (χ0n) is 8.48. The fraction of sp³-hybridized carbons (Fsp3) is 0.800. The molecule has 0 unspecified atom stereocenters.